The number of esters is 2. The Labute approximate surface area is 281 Å². The van der Waals surface area contributed by atoms with Crippen molar-refractivity contribution in [1.82, 2.24) is 24.5 Å². The molecule has 0 spiro atoms. The summed E-state index contributed by atoms with van der Waals surface area (Å²) in [6.45, 7) is -1.06. The second-order valence-corrected chi connectivity index (χ2v) is 10.6. The van der Waals surface area contributed by atoms with E-state index in [0.29, 0.717) is 0 Å². The molecule has 278 valence electrons. The summed E-state index contributed by atoms with van der Waals surface area (Å²) in [4.78, 5) is 81.3. The zero-order valence-electron chi connectivity index (χ0n) is 28.3. The van der Waals surface area contributed by atoms with Gasteiger partial charge in [-0.2, -0.15) is 0 Å². The van der Waals surface area contributed by atoms with E-state index in [2.05, 4.69) is 9.47 Å². The van der Waals surface area contributed by atoms with Gasteiger partial charge in [0.1, 0.15) is 0 Å². The Morgan fingerprint density at radius 1 is 0.375 bits per heavy atom. The largest absolute Gasteiger partial charge is 0.469 e. The average Bonchev–Trinajstić information content (AvgIpc) is 3.08. The lowest BCUT2D eigenvalue weighted by molar-refractivity contribution is -0.143. The number of carbonyl (C=O) groups is 6. The van der Waals surface area contributed by atoms with Gasteiger partial charge in [-0.15, -0.1) is 0 Å². The first-order valence-corrected chi connectivity index (χ1v) is 16.0. The number of amides is 4. The maximum Gasteiger partial charge on any atom is 0.307 e. The Morgan fingerprint density at radius 2 is 0.625 bits per heavy atom. The predicted molar refractivity (Wildman–Crippen MR) is 170 cm³/mol. The fraction of sp³-hybridized carbons (Fsp3) is 0.800. The molecule has 0 heterocycles. The Hall–Kier alpha value is -3.42. The Kier molecular flexibility index (Phi) is 25.6. The summed E-state index contributed by atoms with van der Waals surface area (Å²) in [7, 11) is 2.45. The normalized spacial score (nSPS) is 10.8. The molecule has 48 heavy (non-hydrogen) atoms. The lowest BCUT2D eigenvalue weighted by Crippen LogP contribution is -2.42. The van der Waals surface area contributed by atoms with Gasteiger partial charge in [0.05, 0.1) is 60.1 Å². The van der Waals surface area contributed by atoms with Crippen LogP contribution in [0.15, 0.2) is 0 Å². The first-order valence-electron chi connectivity index (χ1n) is 16.0. The van der Waals surface area contributed by atoms with Gasteiger partial charge in [0.15, 0.2) is 0 Å². The van der Waals surface area contributed by atoms with E-state index in [-0.39, 0.29) is 167 Å². The van der Waals surface area contributed by atoms with Gasteiger partial charge in [0.2, 0.25) is 23.6 Å². The van der Waals surface area contributed by atoms with Crippen LogP contribution in [-0.2, 0) is 38.2 Å². The molecule has 0 aliphatic heterocycles. The van der Waals surface area contributed by atoms with Gasteiger partial charge in [-0.1, -0.05) is 0 Å². The van der Waals surface area contributed by atoms with Crippen molar-refractivity contribution in [2.24, 2.45) is 0 Å². The molecule has 5 N–H and O–H groups in total. The summed E-state index contributed by atoms with van der Waals surface area (Å²) in [6, 6.07) is 0. The van der Waals surface area contributed by atoms with Crippen LogP contribution in [0.1, 0.15) is 38.5 Å². The van der Waals surface area contributed by atoms with Crippen molar-refractivity contribution in [2.45, 2.75) is 38.5 Å². The van der Waals surface area contributed by atoms with Crippen LogP contribution in [0.3, 0.4) is 0 Å². The minimum Gasteiger partial charge on any atom is -0.469 e. The summed E-state index contributed by atoms with van der Waals surface area (Å²) in [5, 5.41) is 47.1. The van der Waals surface area contributed by atoms with Crippen LogP contribution in [-0.4, -0.2) is 205 Å². The highest BCUT2D eigenvalue weighted by Crippen LogP contribution is 2.06. The van der Waals surface area contributed by atoms with Gasteiger partial charge in [0.25, 0.3) is 0 Å². The molecular weight excluding hydrogens is 638 g/mol. The first-order chi connectivity index (χ1) is 23.0. The molecule has 0 aliphatic carbocycles. The topological polar surface area (TPSA) is 238 Å². The number of ether oxygens (including phenoxy) is 2. The quantitative estimate of drug-likeness (QED) is 0.0495. The average molecular weight is 694 g/mol. The molecule has 0 rings (SSSR count). The molecule has 0 radical (unpaired) electrons. The number of methoxy groups -OCH3 is 2. The second-order valence-electron chi connectivity index (χ2n) is 10.6. The number of carbonyl (C=O) groups excluding carboxylic acids is 6. The van der Waals surface area contributed by atoms with E-state index in [1.165, 1.54) is 33.8 Å². The van der Waals surface area contributed by atoms with Crippen molar-refractivity contribution >= 4 is 35.6 Å². The van der Waals surface area contributed by atoms with E-state index in [0.717, 1.165) is 0 Å². The van der Waals surface area contributed by atoms with Crippen LogP contribution in [0.25, 0.3) is 0 Å². The maximum atomic E-state index is 13.0. The lowest BCUT2D eigenvalue weighted by atomic mass is 10.2. The van der Waals surface area contributed by atoms with Crippen LogP contribution in [0.5, 0.6) is 0 Å². The highest BCUT2D eigenvalue weighted by molar-refractivity contribution is 5.81. The van der Waals surface area contributed by atoms with Crippen molar-refractivity contribution in [3.8, 4) is 0 Å². The van der Waals surface area contributed by atoms with Crippen LogP contribution in [0.4, 0.5) is 0 Å². The summed E-state index contributed by atoms with van der Waals surface area (Å²) in [5.74, 6) is -2.53. The third-order valence-electron chi connectivity index (χ3n) is 7.41. The van der Waals surface area contributed by atoms with Gasteiger partial charge >= 0.3 is 11.9 Å². The molecule has 0 atom stereocenters. The van der Waals surface area contributed by atoms with Crippen LogP contribution in [0.2, 0.25) is 0 Å². The van der Waals surface area contributed by atoms with E-state index < -0.39 is 11.9 Å². The fourth-order valence-electron chi connectivity index (χ4n) is 4.66. The summed E-state index contributed by atoms with van der Waals surface area (Å²) in [6.07, 6.45) is -0.384. The summed E-state index contributed by atoms with van der Waals surface area (Å²) >= 11 is 0. The molecule has 0 saturated heterocycles. The molecule has 4 amide bonds. The number of hydrogen-bond donors (Lipinski definition) is 5. The maximum absolute atomic E-state index is 13.0. The van der Waals surface area contributed by atoms with E-state index >= 15 is 0 Å². The third-order valence-corrected chi connectivity index (χ3v) is 7.41. The molecule has 0 aliphatic rings. The number of hydrogen-bond acceptors (Lipinski definition) is 14. The van der Waals surface area contributed by atoms with Gasteiger partial charge in [-0.25, -0.2) is 0 Å². The summed E-state index contributed by atoms with van der Waals surface area (Å²) in [5.41, 5.74) is 0. The minimum atomic E-state index is -0.511. The molecular formula is C30H55N5O13. The first kappa shape index (κ1) is 44.6. The molecule has 0 fully saturated rings. The van der Waals surface area contributed by atoms with E-state index in [1.807, 2.05) is 0 Å². The smallest absolute Gasteiger partial charge is 0.307 e. The van der Waals surface area contributed by atoms with Crippen LogP contribution < -0.4 is 0 Å². The van der Waals surface area contributed by atoms with Crippen molar-refractivity contribution in [3.05, 3.63) is 0 Å². The van der Waals surface area contributed by atoms with Crippen LogP contribution in [0, 0.1) is 0 Å². The monoisotopic (exact) mass is 693 g/mol. The van der Waals surface area contributed by atoms with Crippen LogP contribution >= 0.6 is 0 Å². The zero-order valence-corrected chi connectivity index (χ0v) is 28.3. The van der Waals surface area contributed by atoms with Crippen molar-refractivity contribution in [3.63, 3.8) is 0 Å². The number of nitrogens with zero attached hydrogens (tertiary/aromatic N) is 5. The van der Waals surface area contributed by atoms with E-state index in [4.69, 9.17) is 0 Å². The molecule has 0 bridgehead atoms. The number of rotatable bonds is 28. The van der Waals surface area contributed by atoms with Crippen molar-refractivity contribution in [2.75, 3.05) is 119 Å². The SMILES string of the molecule is COC(=O)CCN(CCO)C(=O)CCN(CCO)C(=O)CCN(CCO)CCC(=O)N(CCO)CCC(=O)N(CCO)CCC(=O)OC. The van der Waals surface area contributed by atoms with Gasteiger partial charge < -0.3 is 59.5 Å². The zero-order chi connectivity index (χ0) is 36.3. The minimum absolute atomic E-state index is 0.00383. The van der Waals surface area contributed by atoms with Gasteiger partial charge in [-0.3, -0.25) is 28.8 Å². The highest BCUT2D eigenvalue weighted by atomic mass is 16.5. The molecule has 0 saturated carbocycles. The third kappa shape index (κ3) is 19.4. The number of aliphatic hydroxyl groups excluding tert-OH is 5. The molecule has 0 unspecified atom stereocenters. The van der Waals surface area contributed by atoms with Gasteiger partial charge in [-0.05, 0) is 0 Å². The Balaban J connectivity index is 5.13. The van der Waals surface area contributed by atoms with Crippen molar-refractivity contribution < 1.29 is 63.8 Å². The van der Waals surface area contributed by atoms with Crippen molar-refractivity contribution in [1.29, 1.82) is 0 Å². The molecule has 0 aromatic carbocycles. The standard InChI is InChI=1S/C30H55N5O13/c1-47-29(45)7-13-34(18-23-39)27(43)5-11-32(16-21-37)25(41)3-9-31(15-20-36)10-4-26(42)33(17-22-38)12-6-28(44)35(19-24-40)14-8-30(46)48-2/h36-40H,3-24H2,1-2H3. The Bertz CT molecular complexity index is 899. The lowest BCUT2D eigenvalue weighted by Gasteiger charge is -2.28. The molecule has 0 aromatic heterocycles. The van der Waals surface area contributed by atoms with E-state index in [1.54, 1.807) is 4.90 Å². The molecule has 18 nitrogen and oxygen atoms in total. The molecule has 18 heteroatoms. The highest BCUT2D eigenvalue weighted by Gasteiger charge is 2.22. The fourth-order valence-corrected chi connectivity index (χ4v) is 4.66. The summed E-state index contributed by atoms with van der Waals surface area (Å²) < 4.78 is 9.17. The number of aliphatic hydroxyl groups is 5. The van der Waals surface area contributed by atoms with E-state index in [9.17, 15) is 54.3 Å². The molecule has 0 aromatic rings. The predicted octanol–water partition coefficient (Wildman–Crippen LogP) is -3.75. The van der Waals surface area contributed by atoms with Gasteiger partial charge in [0, 0.05) is 97.7 Å². The second kappa shape index (κ2) is 27.5. The Morgan fingerprint density at radius 3 is 0.875 bits per heavy atom.